The monoisotopic (exact) mass is 244 g/mol. The van der Waals surface area contributed by atoms with Gasteiger partial charge in [-0.05, 0) is 23.8 Å². The Bertz CT molecular complexity index is 378. The SMILES string of the molecule is O=C(CO)c1ccc(O)c(CC(O)CCl)c1. The number of hydrogen-bond acceptors (Lipinski definition) is 4. The lowest BCUT2D eigenvalue weighted by Gasteiger charge is -2.09. The molecule has 0 aliphatic heterocycles. The van der Waals surface area contributed by atoms with E-state index in [0.717, 1.165) is 0 Å². The van der Waals surface area contributed by atoms with Crippen LogP contribution in [0.3, 0.4) is 0 Å². The summed E-state index contributed by atoms with van der Waals surface area (Å²) in [6, 6.07) is 4.23. The van der Waals surface area contributed by atoms with Crippen LogP contribution in [0.2, 0.25) is 0 Å². The second kappa shape index (κ2) is 5.84. The summed E-state index contributed by atoms with van der Waals surface area (Å²) in [4.78, 5) is 11.2. The molecule has 0 aliphatic rings. The summed E-state index contributed by atoms with van der Waals surface area (Å²) >= 11 is 5.45. The molecule has 0 aromatic heterocycles. The quantitative estimate of drug-likeness (QED) is 0.527. The molecule has 1 aromatic rings. The number of aliphatic hydroxyl groups is 2. The Morgan fingerprint density at radius 3 is 2.69 bits per heavy atom. The van der Waals surface area contributed by atoms with Gasteiger partial charge in [-0.15, -0.1) is 11.6 Å². The number of benzene rings is 1. The van der Waals surface area contributed by atoms with Crippen LogP contribution in [0.4, 0.5) is 0 Å². The Morgan fingerprint density at radius 2 is 2.12 bits per heavy atom. The molecule has 16 heavy (non-hydrogen) atoms. The van der Waals surface area contributed by atoms with E-state index in [1.165, 1.54) is 18.2 Å². The minimum atomic E-state index is -0.771. The highest BCUT2D eigenvalue weighted by Gasteiger charge is 2.11. The third-order valence-electron chi connectivity index (χ3n) is 2.18. The zero-order valence-corrected chi connectivity index (χ0v) is 9.31. The Labute approximate surface area is 98.1 Å². The zero-order chi connectivity index (χ0) is 12.1. The second-order valence-corrected chi connectivity index (χ2v) is 3.75. The summed E-state index contributed by atoms with van der Waals surface area (Å²) in [6.07, 6.45) is -0.603. The molecule has 0 amide bonds. The van der Waals surface area contributed by atoms with Crippen molar-refractivity contribution in [2.24, 2.45) is 0 Å². The highest BCUT2D eigenvalue weighted by molar-refractivity contribution is 6.18. The molecule has 0 aliphatic carbocycles. The van der Waals surface area contributed by atoms with Gasteiger partial charge in [0.05, 0.1) is 6.10 Å². The second-order valence-electron chi connectivity index (χ2n) is 3.44. The van der Waals surface area contributed by atoms with Crippen LogP contribution in [0.1, 0.15) is 15.9 Å². The fourth-order valence-corrected chi connectivity index (χ4v) is 1.43. The number of phenols is 1. The predicted molar refractivity (Wildman–Crippen MR) is 60.0 cm³/mol. The van der Waals surface area contributed by atoms with E-state index < -0.39 is 18.5 Å². The van der Waals surface area contributed by atoms with Crippen LogP contribution >= 0.6 is 11.6 Å². The maximum Gasteiger partial charge on any atom is 0.188 e. The van der Waals surface area contributed by atoms with E-state index in [1.54, 1.807) is 0 Å². The first-order valence-electron chi connectivity index (χ1n) is 4.78. The molecular formula is C11H13ClO4. The molecule has 1 unspecified atom stereocenters. The van der Waals surface area contributed by atoms with Crippen LogP contribution in [0.25, 0.3) is 0 Å². The minimum Gasteiger partial charge on any atom is -0.508 e. The fourth-order valence-electron chi connectivity index (χ4n) is 1.32. The van der Waals surface area contributed by atoms with Gasteiger partial charge in [-0.1, -0.05) is 0 Å². The molecule has 3 N–H and O–H groups in total. The average molecular weight is 245 g/mol. The summed E-state index contributed by atoms with van der Waals surface area (Å²) in [6.45, 7) is -0.581. The maximum atomic E-state index is 11.2. The van der Waals surface area contributed by atoms with E-state index in [1.807, 2.05) is 0 Å². The largest absolute Gasteiger partial charge is 0.508 e. The van der Waals surface area contributed by atoms with Gasteiger partial charge in [0.15, 0.2) is 5.78 Å². The van der Waals surface area contributed by atoms with Crippen molar-refractivity contribution in [2.75, 3.05) is 12.5 Å². The van der Waals surface area contributed by atoms with Crippen molar-refractivity contribution < 1.29 is 20.1 Å². The van der Waals surface area contributed by atoms with Crippen LogP contribution in [-0.4, -0.2) is 39.7 Å². The van der Waals surface area contributed by atoms with Gasteiger partial charge >= 0.3 is 0 Å². The molecule has 4 nitrogen and oxygen atoms in total. The molecule has 88 valence electrons. The lowest BCUT2D eigenvalue weighted by Crippen LogP contribution is -2.13. The highest BCUT2D eigenvalue weighted by atomic mass is 35.5. The van der Waals surface area contributed by atoms with Gasteiger partial charge in [0.2, 0.25) is 0 Å². The molecule has 0 radical (unpaired) electrons. The van der Waals surface area contributed by atoms with Crippen LogP contribution < -0.4 is 0 Å². The topological polar surface area (TPSA) is 77.8 Å². The Balaban J connectivity index is 2.94. The number of aliphatic hydroxyl groups excluding tert-OH is 2. The summed E-state index contributed by atoms with van der Waals surface area (Å²) in [5.41, 5.74) is 0.740. The third-order valence-corrected chi connectivity index (χ3v) is 2.53. The number of carbonyl (C=O) groups is 1. The van der Waals surface area contributed by atoms with Crippen molar-refractivity contribution >= 4 is 17.4 Å². The standard InChI is InChI=1S/C11H13ClO4/c12-5-9(14)4-8-3-7(11(16)6-13)1-2-10(8)15/h1-3,9,13-15H,4-6H2. The molecule has 0 bridgehead atoms. The maximum absolute atomic E-state index is 11.2. The molecule has 5 heteroatoms. The molecule has 0 saturated heterocycles. The van der Waals surface area contributed by atoms with Crippen molar-refractivity contribution in [1.82, 2.24) is 0 Å². The van der Waals surface area contributed by atoms with Gasteiger partial charge in [-0.2, -0.15) is 0 Å². The molecule has 0 fully saturated rings. The van der Waals surface area contributed by atoms with E-state index in [4.69, 9.17) is 16.7 Å². The molecule has 0 spiro atoms. The van der Waals surface area contributed by atoms with Crippen molar-refractivity contribution in [3.63, 3.8) is 0 Å². The fraction of sp³-hybridized carbons (Fsp3) is 0.364. The summed E-state index contributed by atoms with van der Waals surface area (Å²) < 4.78 is 0. The van der Waals surface area contributed by atoms with Crippen LogP contribution in [0.5, 0.6) is 5.75 Å². The van der Waals surface area contributed by atoms with E-state index in [0.29, 0.717) is 11.1 Å². The third kappa shape index (κ3) is 3.20. The van der Waals surface area contributed by atoms with Crippen LogP contribution in [-0.2, 0) is 6.42 Å². The smallest absolute Gasteiger partial charge is 0.188 e. The zero-order valence-electron chi connectivity index (χ0n) is 8.56. The van der Waals surface area contributed by atoms with Crippen molar-refractivity contribution in [3.05, 3.63) is 29.3 Å². The first-order valence-corrected chi connectivity index (χ1v) is 5.32. The van der Waals surface area contributed by atoms with Gasteiger partial charge in [0.25, 0.3) is 0 Å². The number of carbonyl (C=O) groups excluding carboxylic acids is 1. The summed E-state index contributed by atoms with van der Waals surface area (Å²) in [5, 5.41) is 27.5. The first kappa shape index (κ1) is 13.0. The van der Waals surface area contributed by atoms with Gasteiger partial charge in [-0.3, -0.25) is 4.79 Å². The molecule has 1 atom stereocenters. The van der Waals surface area contributed by atoms with Crippen molar-refractivity contribution in [3.8, 4) is 5.75 Å². The number of ketones is 1. The van der Waals surface area contributed by atoms with Crippen molar-refractivity contribution in [1.29, 1.82) is 0 Å². The molecule has 0 saturated carbocycles. The van der Waals surface area contributed by atoms with Crippen LogP contribution in [0, 0.1) is 0 Å². The predicted octanol–water partition coefficient (Wildman–Crippen LogP) is 0.709. The van der Waals surface area contributed by atoms with E-state index in [-0.39, 0.29) is 18.1 Å². The van der Waals surface area contributed by atoms with E-state index in [2.05, 4.69) is 0 Å². The first-order chi connectivity index (χ1) is 7.58. The lowest BCUT2D eigenvalue weighted by molar-refractivity contribution is 0.0903. The van der Waals surface area contributed by atoms with Gasteiger partial charge in [0.1, 0.15) is 12.4 Å². The molecular weight excluding hydrogens is 232 g/mol. The highest BCUT2D eigenvalue weighted by Crippen LogP contribution is 2.20. The summed E-state index contributed by atoms with van der Waals surface area (Å²) in [5.74, 6) is -0.377. The van der Waals surface area contributed by atoms with Crippen LogP contribution in [0.15, 0.2) is 18.2 Å². The molecule has 1 aromatic carbocycles. The van der Waals surface area contributed by atoms with Gasteiger partial charge in [-0.25, -0.2) is 0 Å². The lowest BCUT2D eigenvalue weighted by atomic mass is 10.0. The Morgan fingerprint density at radius 1 is 1.44 bits per heavy atom. The van der Waals surface area contributed by atoms with E-state index >= 15 is 0 Å². The average Bonchev–Trinajstić information content (AvgIpc) is 2.30. The number of aromatic hydroxyl groups is 1. The van der Waals surface area contributed by atoms with Crippen molar-refractivity contribution in [2.45, 2.75) is 12.5 Å². The van der Waals surface area contributed by atoms with E-state index in [9.17, 15) is 15.0 Å². The number of alkyl halides is 1. The van der Waals surface area contributed by atoms with Gasteiger partial charge < -0.3 is 15.3 Å². The Kier molecular flexibility index (Phi) is 4.73. The molecule has 1 rings (SSSR count). The number of phenolic OH excluding ortho intramolecular Hbond substituents is 1. The van der Waals surface area contributed by atoms with Gasteiger partial charge in [0, 0.05) is 17.9 Å². The Hall–Kier alpha value is -1.10. The number of Topliss-reactive ketones (excluding diaryl/α,β-unsaturated/α-hetero) is 1. The minimum absolute atomic E-state index is 0.00124. The number of hydrogen-bond donors (Lipinski definition) is 3. The summed E-state index contributed by atoms with van der Waals surface area (Å²) in [7, 11) is 0. The molecule has 0 heterocycles. The normalized spacial score (nSPS) is 12.4. The number of halogens is 1. The number of rotatable bonds is 5.